The van der Waals surface area contributed by atoms with Crippen LogP contribution in [0.2, 0.25) is 5.23 Å². The number of halogens is 2. The summed E-state index contributed by atoms with van der Waals surface area (Å²) in [5, 5.41) is 2.32. The first kappa shape index (κ1) is 14.3. The molecule has 0 heterocycles. The zero-order valence-electron chi connectivity index (χ0n) is 7.20. The fourth-order valence-corrected chi connectivity index (χ4v) is 1.55. The van der Waals surface area contributed by atoms with Crippen LogP contribution in [0.3, 0.4) is 0 Å². The second-order valence-electron chi connectivity index (χ2n) is 1.57. The van der Waals surface area contributed by atoms with Crippen molar-refractivity contribution in [3.8, 4) is 0 Å². The van der Waals surface area contributed by atoms with Crippen molar-refractivity contribution >= 4 is 23.2 Å². The van der Waals surface area contributed by atoms with Crippen molar-refractivity contribution in [2.75, 3.05) is 12.8 Å². The van der Waals surface area contributed by atoms with E-state index in [9.17, 15) is 0 Å². The van der Waals surface area contributed by atoms with Crippen molar-refractivity contribution in [2.24, 2.45) is 0 Å². The van der Waals surface area contributed by atoms with E-state index in [1.807, 2.05) is 0 Å². The number of alkyl halides is 2. The van der Waals surface area contributed by atoms with Crippen molar-refractivity contribution in [1.29, 1.82) is 0 Å². The van der Waals surface area contributed by atoms with E-state index in [1.165, 1.54) is 19.2 Å². The summed E-state index contributed by atoms with van der Waals surface area (Å²) >= 11 is 9.57. The Labute approximate surface area is 88.6 Å². The van der Waals surface area contributed by atoms with Gasteiger partial charge in [0.15, 0.2) is 0 Å². The second-order valence-corrected chi connectivity index (χ2v) is 3.36. The maximum absolute atomic E-state index is 4.64. The third kappa shape index (κ3) is 8.68. The molecule has 64 valence electrons. The van der Waals surface area contributed by atoms with Crippen LogP contribution in [-0.2, 0) is 19.2 Å². The van der Waals surface area contributed by atoms with Crippen LogP contribution in [0.15, 0.2) is 22.1 Å². The Hall–Kier alpha value is 0.774. The minimum atomic E-state index is 0.292. The third-order valence-electron chi connectivity index (χ3n) is 1.09. The van der Waals surface area contributed by atoms with Crippen molar-refractivity contribution < 1.29 is 19.2 Å². The Morgan fingerprint density at radius 1 is 1.27 bits per heavy atom. The molecule has 0 spiro atoms. The Balaban J connectivity index is 0. The molecule has 3 heteroatoms. The Morgan fingerprint density at radius 3 is 2.00 bits per heavy atom. The van der Waals surface area contributed by atoms with Crippen molar-refractivity contribution in [1.82, 2.24) is 0 Å². The Bertz CT molecular complexity index is 119. The van der Waals surface area contributed by atoms with Gasteiger partial charge in [0.25, 0.3) is 0 Å². The molecule has 0 saturated carbocycles. The fraction of sp³-hybridized carbons (Fsp3) is 0.500. The fourth-order valence-electron chi connectivity index (χ4n) is 0.633. The molecule has 11 heavy (non-hydrogen) atoms. The molecule has 0 aromatic carbocycles. The molecule has 0 aromatic heterocycles. The first-order valence-electron chi connectivity index (χ1n) is 3.22. The van der Waals surface area contributed by atoms with Gasteiger partial charge in [-0.2, -0.15) is 0 Å². The van der Waals surface area contributed by atoms with Crippen molar-refractivity contribution in [3.63, 3.8) is 0 Å². The van der Waals surface area contributed by atoms with Gasteiger partial charge in [0.1, 0.15) is 0 Å². The molecule has 0 saturated heterocycles. The average molecular weight is 229 g/mol. The molecule has 0 aromatic rings. The van der Waals surface area contributed by atoms with Gasteiger partial charge < -0.3 is 0 Å². The molecule has 0 radical (unpaired) electrons. The molecule has 0 aliphatic heterocycles. The molecular weight excluding hydrogens is 215 g/mol. The van der Waals surface area contributed by atoms with Crippen LogP contribution in [0, 0.1) is 0 Å². The summed E-state index contributed by atoms with van der Waals surface area (Å²) in [6, 6.07) is 0. The maximum atomic E-state index is 4.64. The van der Waals surface area contributed by atoms with E-state index in [1.54, 1.807) is 3.88 Å². The Morgan fingerprint density at radius 2 is 1.82 bits per heavy atom. The van der Waals surface area contributed by atoms with Crippen LogP contribution in [0.25, 0.3) is 0 Å². The molecule has 0 bridgehead atoms. The van der Waals surface area contributed by atoms with Gasteiger partial charge in [-0.25, -0.2) is 0 Å². The monoisotopic (exact) mass is 228 g/mol. The van der Waals surface area contributed by atoms with Crippen molar-refractivity contribution in [2.45, 2.75) is 11.6 Å². The number of rotatable bonds is 1. The van der Waals surface area contributed by atoms with Crippen LogP contribution in [0.5, 0.6) is 0 Å². The van der Waals surface area contributed by atoms with E-state index in [0.717, 1.165) is 0 Å². The average Bonchev–Trinajstić information content (AvgIpc) is 2.63. The van der Waals surface area contributed by atoms with Crippen LogP contribution in [0.4, 0.5) is 0 Å². The molecule has 0 atom stereocenters. The van der Waals surface area contributed by atoms with E-state index in [2.05, 4.69) is 46.7 Å². The molecule has 0 amide bonds. The van der Waals surface area contributed by atoms with E-state index in [0.29, 0.717) is 19.2 Å². The normalized spacial score (nSPS) is 11.9. The van der Waals surface area contributed by atoms with Gasteiger partial charge in [0.2, 0.25) is 0 Å². The summed E-state index contributed by atoms with van der Waals surface area (Å²) in [4.78, 5) is 0. The zero-order chi connectivity index (χ0) is 9.11. The first-order chi connectivity index (χ1) is 5.43. The van der Waals surface area contributed by atoms with Gasteiger partial charge >= 0.3 is 52.9 Å². The van der Waals surface area contributed by atoms with Gasteiger partial charge in [-0.1, -0.05) is 0 Å². The predicted molar refractivity (Wildman–Crippen MR) is 51.3 cm³/mol. The van der Waals surface area contributed by atoms with Crippen LogP contribution in [-0.4, -0.2) is 12.8 Å². The standard InChI is InChI=1S/C5H5.2CH3Cl.CH3.Ti/c1-2-4-5-3-1;2*1-2;;/h1-3H,4H2;2*1H3;1H3;. The van der Waals surface area contributed by atoms with Gasteiger partial charge in [-0.3, -0.25) is 0 Å². The second kappa shape index (κ2) is 13.4. The molecule has 0 nitrogen and oxygen atoms in total. The molecule has 0 fully saturated rings. The summed E-state index contributed by atoms with van der Waals surface area (Å²) in [5.74, 6) is 0. The number of allylic oxidation sites excluding steroid dienone is 4. The van der Waals surface area contributed by atoms with Crippen molar-refractivity contribution in [3.05, 3.63) is 22.1 Å². The summed E-state index contributed by atoms with van der Waals surface area (Å²) < 4.78 is 1.68. The SMILES string of the molecule is CCl.CCl.[CH3][Ti][C]1=CC=CC1. The van der Waals surface area contributed by atoms with E-state index in [-0.39, 0.29) is 0 Å². The number of hydrogen-bond acceptors (Lipinski definition) is 0. The van der Waals surface area contributed by atoms with E-state index < -0.39 is 0 Å². The first-order valence-corrected chi connectivity index (χ1v) is 7.08. The molecule has 0 unspecified atom stereocenters. The third-order valence-corrected chi connectivity index (χ3v) is 2.67. The van der Waals surface area contributed by atoms with Crippen LogP contribution >= 0.6 is 23.2 Å². The molecule has 1 rings (SSSR count). The van der Waals surface area contributed by atoms with E-state index >= 15 is 0 Å². The summed E-state index contributed by atoms with van der Waals surface area (Å²) in [6.07, 6.45) is 10.8. The molecule has 0 N–H and O–H groups in total. The minimum absolute atomic E-state index is 0.292. The van der Waals surface area contributed by atoms with Crippen LogP contribution in [0.1, 0.15) is 6.42 Å². The zero-order valence-corrected chi connectivity index (χ0v) is 10.3. The predicted octanol–water partition coefficient (Wildman–Crippen LogP) is 3.67. The quantitative estimate of drug-likeness (QED) is 0.475. The molecular formula is C8H14Cl2Ti. The molecule has 1 aliphatic carbocycles. The van der Waals surface area contributed by atoms with Gasteiger partial charge in [0, 0.05) is 12.8 Å². The summed E-state index contributed by atoms with van der Waals surface area (Å²) in [6.45, 7) is 0. The molecule has 1 aliphatic rings. The van der Waals surface area contributed by atoms with Gasteiger partial charge in [-0.15, -0.1) is 23.2 Å². The number of hydrogen-bond donors (Lipinski definition) is 0. The summed E-state index contributed by atoms with van der Waals surface area (Å²) in [5.41, 5.74) is 0. The summed E-state index contributed by atoms with van der Waals surface area (Å²) in [7, 11) is 0. The van der Waals surface area contributed by atoms with Gasteiger partial charge in [0.05, 0.1) is 0 Å². The van der Waals surface area contributed by atoms with Gasteiger partial charge in [-0.05, 0) is 0 Å². The topological polar surface area (TPSA) is 0 Å². The van der Waals surface area contributed by atoms with Crippen LogP contribution < -0.4 is 0 Å². The Kier molecular flexibility index (Phi) is 17.4. The van der Waals surface area contributed by atoms with E-state index in [4.69, 9.17) is 0 Å².